The van der Waals surface area contributed by atoms with Crippen LogP contribution in [0.25, 0.3) is 11.0 Å². The van der Waals surface area contributed by atoms with Gasteiger partial charge in [0.05, 0.1) is 4.58 Å². The van der Waals surface area contributed by atoms with E-state index in [0.717, 1.165) is 16.7 Å². The van der Waals surface area contributed by atoms with Crippen molar-refractivity contribution in [2.75, 3.05) is 16.8 Å². The number of hydrogen-bond acceptors (Lipinski definition) is 4. The molecule has 2 heterocycles. The van der Waals surface area contributed by atoms with Crippen molar-refractivity contribution in [3.8, 4) is 0 Å². The number of fused-ring (bicyclic) bond motifs is 1. The van der Waals surface area contributed by atoms with E-state index in [1.54, 1.807) is 6.07 Å². The fourth-order valence-corrected chi connectivity index (χ4v) is 5.44. The lowest BCUT2D eigenvalue weighted by Crippen LogP contribution is -2.10. The van der Waals surface area contributed by atoms with Gasteiger partial charge in [0.25, 0.3) is 5.91 Å². The summed E-state index contributed by atoms with van der Waals surface area (Å²) in [6.45, 7) is 0. The minimum atomic E-state index is -0.218. The molecule has 0 saturated carbocycles. The Hall–Kier alpha value is -1.85. The zero-order valence-corrected chi connectivity index (χ0v) is 14.0. The lowest BCUT2D eigenvalue weighted by molar-refractivity contribution is 0.0998. The molecule has 1 aliphatic heterocycles. The van der Waals surface area contributed by atoms with Crippen LogP contribution in [0.15, 0.2) is 59.0 Å². The molecular weight excluding hydrogens is 326 g/mol. The predicted molar refractivity (Wildman–Crippen MR) is 98.3 cm³/mol. The number of anilines is 1. The van der Waals surface area contributed by atoms with Crippen molar-refractivity contribution in [1.29, 1.82) is 0 Å². The van der Waals surface area contributed by atoms with E-state index < -0.39 is 0 Å². The Balaban J connectivity index is 1.55. The van der Waals surface area contributed by atoms with E-state index in [1.807, 2.05) is 59.9 Å². The number of furan rings is 1. The molecule has 0 bridgehead atoms. The lowest BCUT2D eigenvalue weighted by atomic mass is 10.2. The van der Waals surface area contributed by atoms with Crippen LogP contribution in [0.4, 0.5) is 5.69 Å². The summed E-state index contributed by atoms with van der Waals surface area (Å²) in [5.41, 5.74) is 2.78. The third-order valence-corrected chi connectivity index (χ3v) is 6.79. The molecule has 4 rings (SSSR count). The van der Waals surface area contributed by atoms with Crippen molar-refractivity contribution in [2.45, 2.75) is 4.58 Å². The van der Waals surface area contributed by atoms with E-state index in [-0.39, 0.29) is 5.91 Å². The highest BCUT2D eigenvalue weighted by molar-refractivity contribution is 8.19. The highest BCUT2D eigenvalue weighted by Gasteiger charge is 2.19. The molecule has 23 heavy (non-hydrogen) atoms. The van der Waals surface area contributed by atoms with E-state index in [9.17, 15) is 4.79 Å². The number of nitrogens with one attached hydrogen (secondary N) is 1. The summed E-state index contributed by atoms with van der Waals surface area (Å²) in [5, 5.41) is 3.87. The average molecular weight is 341 g/mol. The van der Waals surface area contributed by atoms with Crippen LogP contribution in [-0.4, -0.2) is 17.4 Å². The summed E-state index contributed by atoms with van der Waals surface area (Å²) in [6.07, 6.45) is 0. The molecule has 0 atom stereocenters. The normalized spacial score (nSPS) is 15.1. The molecule has 0 unspecified atom stereocenters. The standard InChI is InChI=1S/C18H15NO2S2/c20-17(16-11-12-4-1-2-7-15(12)21-16)19-14-6-3-5-13(10-14)18-22-8-9-23-18/h1-7,10-11,18H,8-9H2,(H,19,20). The summed E-state index contributed by atoms with van der Waals surface area (Å²) in [7, 11) is 0. The summed E-state index contributed by atoms with van der Waals surface area (Å²) in [5.74, 6) is 2.49. The number of thioether (sulfide) groups is 2. The second-order valence-electron chi connectivity index (χ2n) is 5.30. The minimum Gasteiger partial charge on any atom is -0.451 e. The fourth-order valence-electron chi connectivity index (χ4n) is 2.60. The molecule has 1 N–H and O–H groups in total. The molecule has 0 spiro atoms. The van der Waals surface area contributed by atoms with Crippen LogP contribution in [0.5, 0.6) is 0 Å². The summed E-state index contributed by atoms with van der Waals surface area (Å²) < 4.78 is 6.08. The first-order chi connectivity index (χ1) is 11.3. The van der Waals surface area contributed by atoms with Gasteiger partial charge >= 0.3 is 0 Å². The van der Waals surface area contributed by atoms with Crippen LogP contribution in [0, 0.1) is 0 Å². The van der Waals surface area contributed by atoms with Crippen LogP contribution in [0.1, 0.15) is 20.7 Å². The molecule has 2 aromatic carbocycles. The van der Waals surface area contributed by atoms with Gasteiger partial charge in [0.2, 0.25) is 0 Å². The molecule has 1 saturated heterocycles. The Bertz CT molecular complexity index is 820. The quantitative estimate of drug-likeness (QED) is 0.714. The fraction of sp³-hybridized carbons (Fsp3) is 0.167. The molecule has 1 fully saturated rings. The maximum atomic E-state index is 12.4. The Morgan fingerprint density at radius 3 is 2.70 bits per heavy atom. The first kappa shape index (κ1) is 14.7. The zero-order chi connectivity index (χ0) is 15.6. The maximum Gasteiger partial charge on any atom is 0.291 e. The van der Waals surface area contributed by atoms with E-state index in [0.29, 0.717) is 10.3 Å². The largest absolute Gasteiger partial charge is 0.451 e. The van der Waals surface area contributed by atoms with Crippen LogP contribution in [0.3, 0.4) is 0 Å². The van der Waals surface area contributed by atoms with Gasteiger partial charge in [-0.2, -0.15) is 0 Å². The molecule has 5 heteroatoms. The van der Waals surface area contributed by atoms with Crippen LogP contribution in [-0.2, 0) is 0 Å². The first-order valence-corrected chi connectivity index (χ1v) is 9.52. The van der Waals surface area contributed by atoms with Crippen molar-refractivity contribution in [1.82, 2.24) is 0 Å². The van der Waals surface area contributed by atoms with Crippen molar-refractivity contribution >= 4 is 46.1 Å². The van der Waals surface area contributed by atoms with Crippen LogP contribution >= 0.6 is 23.5 Å². The highest BCUT2D eigenvalue weighted by Crippen LogP contribution is 2.45. The number of hydrogen-bond donors (Lipinski definition) is 1. The summed E-state index contributed by atoms with van der Waals surface area (Å²) in [4.78, 5) is 12.4. The number of para-hydroxylation sites is 1. The smallest absolute Gasteiger partial charge is 0.291 e. The molecule has 0 radical (unpaired) electrons. The molecule has 1 amide bonds. The van der Waals surface area contributed by atoms with E-state index in [2.05, 4.69) is 17.4 Å². The Kier molecular flexibility index (Phi) is 4.06. The number of rotatable bonds is 3. The topological polar surface area (TPSA) is 42.2 Å². The second kappa shape index (κ2) is 6.34. The molecule has 3 aromatic rings. The van der Waals surface area contributed by atoms with Gasteiger partial charge in [0.1, 0.15) is 5.58 Å². The van der Waals surface area contributed by atoms with Gasteiger partial charge in [-0.05, 0) is 29.8 Å². The number of carbonyl (C=O) groups is 1. The van der Waals surface area contributed by atoms with Gasteiger partial charge in [-0.15, -0.1) is 23.5 Å². The van der Waals surface area contributed by atoms with Gasteiger partial charge < -0.3 is 9.73 Å². The Labute approximate surface area is 142 Å². The van der Waals surface area contributed by atoms with Gasteiger partial charge in [-0.1, -0.05) is 30.3 Å². The maximum absolute atomic E-state index is 12.4. The van der Waals surface area contributed by atoms with Crippen molar-refractivity contribution in [3.63, 3.8) is 0 Å². The monoisotopic (exact) mass is 341 g/mol. The Morgan fingerprint density at radius 2 is 1.87 bits per heavy atom. The van der Waals surface area contributed by atoms with E-state index in [4.69, 9.17) is 4.42 Å². The van der Waals surface area contributed by atoms with E-state index >= 15 is 0 Å². The number of carbonyl (C=O) groups excluding carboxylic acids is 1. The molecule has 1 aliphatic rings. The second-order valence-corrected chi connectivity index (χ2v) is 8.03. The first-order valence-electron chi connectivity index (χ1n) is 7.43. The summed E-state index contributed by atoms with van der Waals surface area (Å²) in [6, 6.07) is 17.5. The number of amides is 1. The molecule has 3 nitrogen and oxygen atoms in total. The zero-order valence-electron chi connectivity index (χ0n) is 12.3. The predicted octanol–water partition coefficient (Wildman–Crippen LogP) is 5.16. The van der Waals surface area contributed by atoms with Crippen LogP contribution < -0.4 is 5.32 Å². The Morgan fingerprint density at radius 1 is 1.04 bits per heavy atom. The average Bonchev–Trinajstić information content (AvgIpc) is 3.24. The van der Waals surface area contributed by atoms with Crippen molar-refractivity contribution < 1.29 is 9.21 Å². The van der Waals surface area contributed by atoms with Crippen molar-refractivity contribution in [2.24, 2.45) is 0 Å². The molecule has 0 aliphatic carbocycles. The molecule has 1 aromatic heterocycles. The third-order valence-electron chi connectivity index (χ3n) is 3.69. The van der Waals surface area contributed by atoms with Gasteiger partial charge in [0, 0.05) is 22.6 Å². The SMILES string of the molecule is O=C(Nc1cccc(C2SCCS2)c1)c1cc2ccccc2o1. The van der Waals surface area contributed by atoms with Gasteiger partial charge in [0.15, 0.2) is 5.76 Å². The number of benzene rings is 2. The van der Waals surface area contributed by atoms with Gasteiger partial charge in [-0.3, -0.25) is 4.79 Å². The third kappa shape index (κ3) is 3.12. The van der Waals surface area contributed by atoms with E-state index in [1.165, 1.54) is 17.1 Å². The molecule has 116 valence electrons. The summed E-state index contributed by atoms with van der Waals surface area (Å²) >= 11 is 3.91. The lowest BCUT2D eigenvalue weighted by Gasteiger charge is -2.10. The van der Waals surface area contributed by atoms with Crippen LogP contribution in [0.2, 0.25) is 0 Å². The molecular formula is C18H15NO2S2. The van der Waals surface area contributed by atoms with Crippen molar-refractivity contribution in [3.05, 3.63) is 65.9 Å². The minimum absolute atomic E-state index is 0.218. The highest BCUT2D eigenvalue weighted by atomic mass is 32.2. The van der Waals surface area contributed by atoms with Gasteiger partial charge in [-0.25, -0.2) is 0 Å².